The van der Waals surface area contributed by atoms with Crippen LogP contribution in [0.25, 0.3) is 6.08 Å². The Morgan fingerprint density at radius 2 is 1.54 bits per heavy atom. The zero-order valence-electron chi connectivity index (χ0n) is 15.7. The van der Waals surface area contributed by atoms with Gasteiger partial charge in [-0.25, -0.2) is 4.79 Å². The van der Waals surface area contributed by atoms with Gasteiger partial charge in [0, 0.05) is 5.92 Å². The zero-order valence-corrected chi connectivity index (χ0v) is 15.7. The number of hydrogen-bond donors (Lipinski definition) is 0. The van der Waals surface area contributed by atoms with Gasteiger partial charge in [0.1, 0.15) is 5.60 Å². The highest BCUT2D eigenvalue weighted by Gasteiger charge is 2.58. The van der Waals surface area contributed by atoms with E-state index >= 15 is 0 Å². The fourth-order valence-corrected chi connectivity index (χ4v) is 7.26. The lowest BCUT2D eigenvalue weighted by atomic mass is 9.48. The molecule has 0 unspecified atom stereocenters. The van der Waals surface area contributed by atoms with Crippen molar-refractivity contribution >= 4 is 12.0 Å². The highest BCUT2D eigenvalue weighted by molar-refractivity contribution is 5.90. The number of ether oxygens (including phenoxy) is 1. The standard InChI is InChI=1S/C24H30O2/c1-2-16-5-7-19(8-6-16)23(25)26-24(9-3-4-10-24)22-20-12-17-11-18(14-20)15-21(22)13-17/h2,5-8,17-18,20-22H,1,3-4,9-15H2. The van der Waals surface area contributed by atoms with Crippen LogP contribution in [0.1, 0.15) is 73.7 Å². The van der Waals surface area contributed by atoms with Gasteiger partial charge >= 0.3 is 5.97 Å². The quantitative estimate of drug-likeness (QED) is 0.635. The van der Waals surface area contributed by atoms with Crippen molar-refractivity contribution in [3.8, 4) is 0 Å². The van der Waals surface area contributed by atoms with Crippen LogP contribution < -0.4 is 0 Å². The summed E-state index contributed by atoms with van der Waals surface area (Å²) >= 11 is 0. The normalized spacial score (nSPS) is 36.8. The SMILES string of the molecule is C=Cc1ccc(C(=O)OC2(C3C4CC5CC(C4)CC3C5)CCCC2)cc1. The van der Waals surface area contributed by atoms with E-state index in [0.29, 0.717) is 11.5 Å². The topological polar surface area (TPSA) is 26.3 Å². The van der Waals surface area contributed by atoms with Gasteiger partial charge in [0.05, 0.1) is 5.56 Å². The molecule has 1 aromatic carbocycles. The molecule has 0 amide bonds. The van der Waals surface area contributed by atoms with Gasteiger partial charge in [-0.2, -0.15) is 0 Å². The molecule has 0 aliphatic heterocycles. The van der Waals surface area contributed by atoms with Crippen molar-refractivity contribution in [1.82, 2.24) is 0 Å². The molecular weight excluding hydrogens is 320 g/mol. The molecule has 5 fully saturated rings. The Hall–Kier alpha value is -1.57. The van der Waals surface area contributed by atoms with Crippen molar-refractivity contribution in [1.29, 1.82) is 0 Å². The highest BCUT2D eigenvalue weighted by Crippen LogP contribution is 2.62. The summed E-state index contributed by atoms with van der Waals surface area (Å²) < 4.78 is 6.42. The predicted octanol–water partition coefficient (Wildman–Crippen LogP) is 5.87. The summed E-state index contributed by atoms with van der Waals surface area (Å²) in [5, 5.41) is 0. The number of esters is 1. The highest BCUT2D eigenvalue weighted by atomic mass is 16.6. The van der Waals surface area contributed by atoms with Gasteiger partial charge in [0.25, 0.3) is 0 Å². The number of benzene rings is 1. The number of rotatable bonds is 4. The largest absolute Gasteiger partial charge is 0.455 e. The van der Waals surface area contributed by atoms with Crippen molar-refractivity contribution in [3.05, 3.63) is 42.0 Å². The molecule has 0 aromatic heterocycles. The molecule has 0 N–H and O–H groups in total. The second-order valence-electron chi connectivity index (χ2n) is 9.44. The van der Waals surface area contributed by atoms with Crippen LogP contribution in [0.2, 0.25) is 0 Å². The second-order valence-corrected chi connectivity index (χ2v) is 9.44. The number of carbonyl (C=O) groups excluding carboxylic acids is 1. The fourth-order valence-electron chi connectivity index (χ4n) is 7.26. The molecule has 5 saturated carbocycles. The van der Waals surface area contributed by atoms with Crippen LogP contribution in [-0.2, 0) is 4.74 Å². The minimum atomic E-state index is -0.184. The van der Waals surface area contributed by atoms with E-state index < -0.39 is 0 Å². The molecule has 5 aliphatic rings. The third-order valence-corrected chi connectivity index (χ3v) is 7.96. The average molecular weight is 351 g/mol. The summed E-state index contributed by atoms with van der Waals surface area (Å²) in [5.74, 6) is 4.05. The molecule has 2 heteroatoms. The summed E-state index contributed by atoms with van der Waals surface area (Å²) in [6.45, 7) is 3.79. The molecular formula is C24H30O2. The lowest BCUT2D eigenvalue weighted by Crippen LogP contribution is -2.55. The van der Waals surface area contributed by atoms with E-state index in [4.69, 9.17) is 4.74 Å². The van der Waals surface area contributed by atoms with Crippen molar-refractivity contribution < 1.29 is 9.53 Å². The van der Waals surface area contributed by atoms with Gasteiger partial charge in [0.2, 0.25) is 0 Å². The summed E-state index contributed by atoms with van der Waals surface area (Å²) in [6.07, 6.45) is 13.4. The smallest absolute Gasteiger partial charge is 0.338 e. The van der Waals surface area contributed by atoms with E-state index in [1.165, 1.54) is 44.9 Å². The number of carbonyl (C=O) groups is 1. The fraction of sp³-hybridized carbons (Fsp3) is 0.625. The van der Waals surface area contributed by atoms with Crippen LogP contribution in [0.3, 0.4) is 0 Å². The molecule has 4 bridgehead atoms. The molecule has 0 saturated heterocycles. The van der Waals surface area contributed by atoms with E-state index in [-0.39, 0.29) is 11.6 Å². The maximum Gasteiger partial charge on any atom is 0.338 e. The van der Waals surface area contributed by atoms with Crippen LogP contribution in [0.15, 0.2) is 30.8 Å². The van der Waals surface area contributed by atoms with E-state index in [1.54, 1.807) is 0 Å². The second kappa shape index (κ2) is 6.25. The van der Waals surface area contributed by atoms with Gasteiger partial charge in [0.15, 0.2) is 0 Å². The van der Waals surface area contributed by atoms with E-state index in [2.05, 4.69) is 6.58 Å². The van der Waals surface area contributed by atoms with Crippen LogP contribution in [0.5, 0.6) is 0 Å². The van der Waals surface area contributed by atoms with E-state index in [1.807, 2.05) is 30.3 Å². The van der Waals surface area contributed by atoms with E-state index in [9.17, 15) is 4.79 Å². The van der Waals surface area contributed by atoms with Gasteiger partial charge in [-0.1, -0.05) is 24.8 Å². The first-order chi connectivity index (χ1) is 12.7. The van der Waals surface area contributed by atoms with Crippen LogP contribution >= 0.6 is 0 Å². The van der Waals surface area contributed by atoms with Crippen LogP contribution in [0.4, 0.5) is 0 Å². The minimum absolute atomic E-state index is 0.115. The molecule has 138 valence electrons. The monoisotopic (exact) mass is 350 g/mol. The molecule has 26 heavy (non-hydrogen) atoms. The zero-order chi connectivity index (χ0) is 17.7. The van der Waals surface area contributed by atoms with Gasteiger partial charge < -0.3 is 4.74 Å². The molecule has 5 aliphatic carbocycles. The van der Waals surface area contributed by atoms with Gasteiger partial charge in [-0.15, -0.1) is 0 Å². The van der Waals surface area contributed by atoms with Crippen molar-refractivity contribution in [3.63, 3.8) is 0 Å². The maximum atomic E-state index is 13.0. The van der Waals surface area contributed by atoms with Gasteiger partial charge in [-0.3, -0.25) is 0 Å². The molecule has 0 radical (unpaired) electrons. The Kier molecular flexibility index (Phi) is 3.99. The first kappa shape index (κ1) is 16.6. The maximum absolute atomic E-state index is 13.0. The molecule has 0 heterocycles. The molecule has 6 rings (SSSR count). The van der Waals surface area contributed by atoms with Crippen molar-refractivity contribution in [2.75, 3.05) is 0 Å². The van der Waals surface area contributed by atoms with Crippen molar-refractivity contribution in [2.45, 2.75) is 63.4 Å². The number of hydrogen-bond acceptors (Lipinski definition) is 2. The average Bonchev–Trinajstić information content (AvgIpc) is 3.10. The van der Waals surface area contributed by atoms with Gasteiger partial charge in [-0.05, 0) is 99.2 Å². The van der Waals surface area contributed by atoms with E-state index in [0.717, 1.165) is 42.1 Å². The van der Waals surface area contributed by atoms with Crippen LogP contribution in [0, 0.1) is 29.6 Å². The van der Waals surface area contributed by atoms with Crippen LogP contribution in [-0.4, -0.2) is 11.6 Å². The third-order valence-electron chi connectivity index (χ3n) is 7.96. The molecule has 2 nitrogen and oxygen atoms in total. The predicted molar refractivity (Wildman–Crippen MR) is 104 cm³/mol. The Morgan fingerprint density at radius 1 is 0.962 bits per heavy atom. The summed E-state index contributed by atoms with van der Waals surface area (Å²) in [4.78, 5) is 13.0. The summed E-state index contributed by atoms with van der Waals surface area (Å²) in [5.41, 5.74) is 1.54. The Balaban J connectivity index is 1.40. The Bertz CT molecular complexity index is 667. The first-order valence-electron chi connectivity index (χ1n) is 10.6. The lowest BCUT2D eigenvalue weighted by molar-refractivity contribution is -0.144. The Morgan fingerprint density at radius 3 is 2.08 bits per heavy atom. The minimum Gasteiger partial charge on any atom is -0.455 e. The molecule has 0 atom stereocenters. The third kappa shape index (κ3) is 2.64. The molecule has 1 aromatic rings. The molecule has 0 spiro atoms. The van der Waals surface area contributed by atoms with Crippen molar-refractivity contribution in [2.24, 2.45) is 29.6 Å². The first-order valence-corrected chi connectivity index (χ1v) is 10.6. The Labute approximate surface area is 157 Å². The lowest BCUT2D eigenvalue weighted by Gasteiger charge is -2.58. The summed E-state index contributed by atoms with van der Waals surface area (Å²) in [7, 11) is 0. The summed E-state index contributed by atoms with van der Waals surface area (Å²) in [6, 6.07) is 7.68.